The predicted octanol–water partition coefficient (Wildman–Crippen LogP) is 2.56. The van der Waals surface area contributed by atoms with Gasteiger partial charge in [0.05, 0.1) is 23.6 Å². The number of hydrogen-bond donors (Lipinski definition) is 2. The monoisotopic (exact) mass is 336 g/mol. The average Bonchev–Trinajstić information content (AvgIpc) is 2.85. The summed E-state index contributed by atoms with van der Waals surface area (Å²) in [5, 5.41) is 11.8. The van der Waals surface area contributed by atoms with Crippen LogP contribution in [-0.2, 0) is 11.8 Å². The van der Waals surface area contributed by atoms with Crippen LogP contribution in [0.3, 0.4) is 0 Å². The lowest BCUT2D eigenvalue weighted by Gasteiger charge is -2.08. The summed E-state index contributed by atoms with van der Waals surface area (Å²) in [4.78, 5) is 24.4. The lowest BCUT2D eigenvalue weighted by molar-refractivity contribution is -0.115. The number of benzene rings is 2. The van der Waals surface area contributed by atoms with E-state index in [2.05, 4.69) is 15.7 Å². The fourth-order valence-corrected chi connectivity index (χ4v) is 2.73. The number of carbonyl (C=O) groups is 2. The molecule has 0 saturated heterocycles. The highest BCUT2D eigenvalue weighted by atomic mass is 16.2. The number of fused-ring (bicyclic) bond motifs is 1. The van der Waals surface area contributed by atoms with Gasteiger partial charge >= 0.3 is 0 Å². The van der Waals surface area contributed by atoms with Crippen LogP contribution in [-0.4, -0.2) is 28.1 Å². The molecule has 0 bridgehead atoms. The molecule has 2 N–H and O–H groups in total. The van der Waals surface area contributed by atoms with Gasteiger partial charge < -0.3 is 10.6 Å². The summed E-state index contributed by atoms with van der Waals surface area (Å²) in [7, 11) is 1.82. The molecule has 0 spiro atoms. The summed E-state index contributed by atoms with van der Waals surface area (Å²) >= 11 is 0. The molecule has 3 aromatic rings. The molecule has 2 amide bonds. The van der Waals surface area contributed by atoms with Crippen LogP contribution in [0, 0.1) is 13.8 Å². The van der Waals surface area contributed by atoms with Crippen LogP contribution < -0.4 is 10.6 Å². The molecule has 128 valence electrons. The number of rotatable bonds is 4. The third-order valence-corrected chi connectivity index (χ3v) is 4.19. The minimum Gasteiger partial charge on any atom is -0.343 e. The van der Waals surface area contributed by atoms with Gasteiger partial charge in [-0.15, -0.1) is 0 Å². The van der Waals surface area contributed by atoms with Gasteiger partial charge in [0.15, 0.2) is 0 Å². The Morgan fingerprint density at radius 1 is 1.08 bits per heavy atom. The predicted molar refractivity (Wildman–Crippen MR) is 97.6 cm³/mol. The molecular formula is C19H20N4O2. The van der Waals surface area contributed by atoms with E-state index in [1.807, 2.05) is 57.3 Å². The van der Waals surface area contributed by atoms with Crippen LogP contribution in [0.15, 0.2) is 42.5 Å². The Balaban J connectivity index is 1.63. The van der Waals surface area contributed by atoms with E-state index in [1.54, 1.807) is 10.7 Å². The molecule has 3 rings (SSSR count). The molecule has 1 heterocycles. The quantitative estimate of drug-likeness (QED) is 0.769. The number of anilines is 1. The number of aromatic nitrogens is 2. The second kappa shape index (κ2) is 6.76. The van der Waals surface area contributed by atoms with Crippen molar-refractivity contribution < 1.29 is 9.59 Å². The van der Waals surface area contributed by atoms with Gasteiger partial charge in [-0.25, -0.2) is 0 Å². The second-order valence-corrected chi connectivity index (χ2v) is 5.96. The third-order valence-electron chi connectivity index (χ3n) is 4.19. The van der Waals surface area contributed by atoms with Crippen molar-refractivity contribution in [2.75, 3.05) is 11.9 Å². The highest BCUT2D eigenvalue weighted by molar-refractivity contribution is 6.01. The standard InChI is InChI=1S/C19H20N4O2/c1-12-18(13(2)23(3)22-12)21-17(24)11-20-19(25)16-9-8-14-6-4-5-7-15(14)10-16/h4-10H,11H2,1-3H3,(H,20,25)(H,21,24). The third kappa shape index (κ3) is 3.52. The van der Waals surface area contributed by atoms with Crippen molar-refractivity contribution in [2.24, 2.45) is 7.05 Å². The van der Waals surface area contributed by atoms with E-state index in [0.717, 1.165) is 22.2 Å². The maximum absolute atomic E-state index is 12.3. The molecule has 6 nitrogen and oxygen atoms in total. The zero-order chi connectivity index (χ0) is 18.0. The van der Waals surface area contributed by atoms with Crippen molar-refractivity contribution in [3.05, 3.63) is 59.4 Å². The van der Waals surface area contributed by atoms with E-state index in [4.69, 9.17) is 0 Å². The van der Waals surface area contributed by atoms with Crippen LogP contribution in [0.25, 0.3) is 10.8 Å². The fraction of sp³-hybridized carbons (Fsp3) is 0.211. The molecule has 0 unspecified atom stereocenters. The Kier molecular flexibility index (Phi) is 4.52. The summed E-state index contributed by atoms with van der Waals surface area (Å²) in [5.41, 5.74) is 2.83. The van der Waals surface area contributed by atoms with Crippen LogP contribution >= 0.6 is 0 Å². The van der Waals surface area contributed by atoms with Crippen molar-refractivity contribution >= 4 is 28.3 Å². The Morgan fingerprint density at radius 2 is 1.80 bits per heavy atom. The van der Waals surface area contributed by atoms with Crippen LogP contribution in [0.5, 0.6) is 0 Å². The normalized spacial score (nSPS) is 10.7. The van der Waals surface area contributed by atoms with E-state index in [9.17, 15) is 9.59 Å². The van der Waals surface area contributed by atoms with Gasteiger partial charge in [0.2, 0.25) is 5.91 Å². The summed E-state index contributed by atoms with van der Waals surface area (Å²) in [6, 6.07) is 13.3. The average molecular weight is 336 g/mol. The van der Waals surface area contributed by atoms with Crippen LogP contribution in [0.1, 0.15) is 21.7 Å². The number of aryl methyl sites for hydroxylation is 2. The number of hydrogen-bond acceptors (Lipinski definition) is 3. The fourth-order valence-electron chi connectivity index (χ4n) is 2.73. The van der Waals surface area contributed by atoms with E-state index < -0.39 is 0 Å². The minimum absolute atomic E-state index is 0.0978. The summed E-state index contributed by atoms with van der Waals surface area (Å²) in [6.07, 6.45) is 0. The first-order valence-corrected chi connectivity index (χ1v) is 8.03. The van der Waals surface area contributed by atoms with E-state index >= 15 is 0 Å². The highest BCUT2D eigenvalue weighted by Gasteiger charge is 2.13. The smallest absolute Gasteiger partial charge is 0.251 e. The zero-order valence-electron chi connectivity index (χ0n) is 14.5. The Labute approximate surface area is 145 Å². The van der Waals surface area contributed by atoms with Gasteiger partial charge in [-0.3, -0.25) is 14.3 Å². The van der Waals surface area contributed by atoms with Crippen molar-refractivity contribution in [1.82, 2.24) is 15.1 Å². The maximum atomic E-state index is 12.3. The molecule has 0 aliphatic carbocycles. The first-order valence-electron chi connectivity index (χ1n) is 8.03. The van der Waals surface area contributed by atoms with Gasteiger partial charge in [-0.2, -0.15) is 5.10 Å². The van der Waals surface area contributed by atoms with Crippen LogP contribution in [0.4, 0.5) is 5.69 Å². The van der Waals surface area contributed by atoms with Crippen molar-refractivity contribution in [3.63, 3.8) is 0 Å². The van der Waals surface area contributed by atoms with Crippen molar-refractivity contribution in [1.29, 1.82) is 0 Å². The number of nitrogens with one attached hydrogen (secondary N) is 2. The van der Waals surface area contributed by atoms with E-state index in [0.29, 0.717) is 11.3 Å². The highest BCUT2D eigenvalue weighted by Crippen LogP contribution is 2.18. The van der Waals surface area contributed by atoms with E-state index in [-0.39, 0.29) is 18.4 Å². The number of amides is 2. The number of nitrogens with zero attached hydrogens (tertiary/aromatic N) is 2. The molecule has 1 aromatic heterocycles. The SMILES string of the molecule is Cc1nn(C)c(C)c1NC(=O)CNC(=O)c1ccc2ccccc2c1. The topological polar surface area (TPSA) is 76.0 Å². The number of carbonyl (C=O) groups excluding carboxylic acids is 2. The molecule has 0 radical (unpaired) electrons. The molecule has 0 aliphatic heterocycles. The van der Waals surface area contributed by atoms with Gasteiger partial charge in [0, 0.05) is 12.6 Å². The summed E-state index contributed by atoms with van der Waals surface area (Å²) in [5.74, 6) is -0.561. The lowest BCUT2D eigenvalue weighted by atomic mass is 10.1. The molecule has 6 heteroatoms. The van der Waals surface area contributed by atoms with Gasteiger partial charge in [-0.1, -0.05) is 30.3 Å². The minimum atomic E-state index is -0.284. The first kappa shape index (κ1) is 16.7. The molecule has 0 atom stereocenters. The first-order chi connectivity index (χ1) is 12.0. The molecule has 0 fully saturated rings. The van der Waals surface area contributed by atoms with Crippen molar-refractivity contribution in [3.8, 4) is 0 Å². The van der Waals surface area contributed by atoms with E-state index in [1.165, 1.54) is 0 Å². The van der Waals surface area contributed by atoms with Gasteiger partial charge in [-0.05, 0) is 36.8 Å². The largest absolute Gasteiger partial charge is 0.343 e. The zero-order valence-corrected chi connectivity index (χ0v) is 14.5. The maximum Gasteiger partial charge on any atom is 0.251 e. The van der Waals surface area contributed by atoms with Crippen molar-refractivity contribution in [2.45, 2.75) is 13.8 Å². The second-order valence-electron chi connectivity index (χ2n) is 5.96. The van der Waals surface area contributed by atoms with Crippen LogP contribution in [0.2, 0.25) is 0 Å². The summed E-state index contributed by atoms with van der Waals surface area (Å²) in [6.45, 7) is 3.61. The molecular weight excluding hydrogens is 316 g/mol. The Morgan fingerprint density at radius 3 is 2.48 bits per heavy atom. The molecule has 25 heavy (non-hydrogen) atoms. The Bertz CT molecular complexity index is 959. The lowest BCUT2D eigenvalue weighted by Crippen LogP contribution is -2.33. The molecule has 0 aliphatic rings. The molecule has 0 saturated carbocycles. The van der Waals surface area contributed by atoms with Gasteiger partial charge in [0.1, 0.15) is 0 Å². The molecule has 2 aromatic carbocycles. The summed E-state index contributed by atoms with van der Waals surface area (Å²) < 4.78 is 1.71. The Hall–Kier alpha value is -3.15. The van der Waals surface area contributed by atoms with Gasteiger partial charge in [0.25, 0.3) is 5.91 Å².